The highest BCUT2D eigenvalue weighted by molar-refractivity contribution is 9.09. The Hall–Kier alpha value is -0.500. The molecule has 2 aliphatic carbocycles. The molecule has 0 amide bonds. The van der Waals surface area contributed by atoms with E-state index in [0.717, 1.165) is 0 Å². The molecule has 7 fully saturated rings. The molecule has 2 spiro atoms. The number of hydrogen-bond donors (Lipinski definition) is 0. The molecular formula is C15H15BrO6. The fourth-order valence-electron chi connectivity index (χ4n) is 6.16. The van der Waals surface area contributed by atoms with Crippen molar-refractivity contribution in [1.82, 2.24) is 0 Å². The van der Waals surface area contributed by atoms with Gasteiger partial charge in [-0.3, -0.25) is 9.59 Å². The zero-order chi connectivity index (χ0) is 15.3. The number of alkyl halides is 1. The molecule has 118 valence electrons. The Balaban J connectivity index is 1.68. The van der Waals surface area contributed by atoms with Crippen LogP contribution in [-0.2, 0) is 28.5 Å². The van der Waals surface area contributed by atoms with Crippen molar-refractivity contribution in [3.8, 4) is 0 Å². The van der Waals surface area contributed by atoms with E-state index >= 15 is 0 Å². The SMILES string of the molecule is CC1(CBr)OC23C4OC4C4(CO4)C2(C)C2OC(=O)C3C1C2=O. The van der Waals surface area contributed by atoms with Gasteiger partial charge in [0.2, 0.25) is 0 Å². The van der Waals surface area contributed by atoms with Crippen molar-refractivity contribution in [3.05, 3.63) is 0 Å². The number of carbonyl (C=O) groups is 2. The summed E-state index contributed by atoms with van der Waals surface area (Å²) in [6.07, 6.45) is -1.03. The van der Waals surface area contributed by atoms with Crippen molar-refractivity contribution in [2.24, 2.45) is 17.3 Å². The second-order valence-electron chi connectivity index (χ2n) is 7.87. The van der Waals surface area contributed by atoms with Crippen LogP contribution in [0.5, 0.6) is 0 Å². The maximum atomic E-state index is 13.1. The average molecular weight is 371 g/mol. The van der Waals surface area contributed by atoms with Crippen LogP contribution < -0.4 is 0 Å². The Morgan fingerprint density at radius 3 is 2.59 bits per heavy atom. The lowest BCUT2D eigenvalue weighted by Gasteiger charge is -2.56. The summed E-state index contributed by atoms with van der Waals surface area (Å²) in [5.74, 6) is -1.39. The molecule has 22 heavy (non-hydrogen) atoms. The summed E-state index contributed by atoms with van der Waals surface area (Å²) in [5, 5.41) is 0.496. The third-order valence-corrected chi connectivity index (χ3v) is 8.33. The number of fused-ring (bicyclic) bond motifs is 3. The first-order chi connectivity index (χ1) is 10.4. The predicted molar refractivity (Wildman–Crippen MR) is 73.3 cm³/mol. The molecule has 7 aliphatic rings. The fourth-order valence-corrected chi connectivity index (χ4v) is 6.62. The molecule has 7 heteroatoms. The molecule has 0 N–H and O–H groups in total. The number of Topliss-reactive ketones (excluding diaryl/α,β-unsaturated/α-hetero) is 1. The average Bonchev–Trinajstić information content (AvgIpc) is 3.35. The molecule has 9 atom stereocenters. The summed E-state index contributed by atoms with van der Waals surface area (Å²) in [4.78, 5) is 25.6. The van der Waals surface area contributed by atoms with Crippen molar-refractivity contribution >= 4 is 27.7 Å². The van der Waals surface area contributed by atoms with Gasteiger partial charge in [0.15, 0.2) is 11.9 Å². The van der Waals surface area contributed by atoms with Crippen LogP contribution >= 0.6 is 15.9 Å². The van der Waals surface area contributed by atoms with Gasteiger partial charge in [-0.25, -0.2) is 0 Å². The van der Waals surface area contributed by atoms with Gasteiger partial charge in [0.1, 0.15) is 29.3 Å². The number of ketones is 1. The fraction of sp³-hybridized carbons (Fsp3) is 0.867. The molecule has 4 bridgehead atoms. The molecule has 0 aromatic heterocycles. The van der Waals surface area contributed by atoms with Crippen molar-refractivity contribution in [1.29, 1.82) is 0 Å². The van der Waals surface area contributed by atoms with Gasteiger partial charge in [-0.2, -0.15) is 0 Å². The van der Waals surface area contributed by atoms with E-state index in [4.69, 9.17) is 18.9 Å². The summed E-state index contributed by atoms with van der Waals surface area (Å²) in [5.41, 5.74) is -2.69. The number of esters is 1. The van der Waals surface area contributed by atoms with Gasteiger partial charge in [0.25, 0.3) is 0 Å². The maximum absolute atomic E-state index is 13.1. The molecule has 9 unspecified atom stereocenters. The van der Waals surface area contributed by atoms with Crippen LogP contribution in [0.1, 0.15) is 13.8 Å². The highest BCUT2D eigenvalue weighted by Gasteiger charge is 2.99. The van der Waals surface area contributed by atoms with Crippen LogP contribution in [0.4, 0.5) is 0 Å². The van der Waals surface area contributed by atoms with E-state index in [0.29, 0.717) is 11.9 Å². The first-order valence-electron chi connectivity index (χ1n) is 7.67. The van der Waals surface area contributed by atoms with Crippen LogP contribution in [0.3, 0.4) is 0 Å². The Labute approximate surface area is 134 Å². The van der Waals surface area contributed by atoms with E-state index < -0.39 is 40.2 Å². The zero-order valence-corrected chi connectivity index (χ0v) is 13.7. The minimum absolute atomic E-state index is 0.0154. The van der Waals surface area contributed by atoms with Gasteiger partial charge >= 0.3 is 5.97 Å². The summed E-state index contributed by atoms with van der Waals surface area (Å²) < 4.78 is 23.8. The second kappa shape index (κ2) is 3.06. The first-order valence-corrected chi connectivity index (χ1v) is 8.79. The van der Waals surface area contributed by atoms with Gasteiger partial charge in [-0.05, 0) is 13.8 Å². The lowest BCUT2D eigenvalue weighted by Crippen LogP contribution is -2.74. The van der Waals surface area contributed by atoms with Crippen LogP contribution in [0.2, 0.25) is 0 Å². The van der Waals surface area contributed by atoms with E-state index in [1.807, 2.05) is 13.8 Å². The maximum Gasteiger partial charge on any atom is 0.313 e. The molecule has 0 aromatic carbocycles. The van der Waals surface area contributed by atoms with Crippen molar-refractivity contribution < 1.29 is 28.5 Å². The van der Waals surface area contributed by atoms with Gasteiger partial charge in [-0.1, -0.05) is 15.9 Å². The minimum atomic E-state index is -0.796. The third-order valence-electron chi connectivity index (χ3n) is 7.22. The van der Waals surface area contributed by atoms with Crippen molar-refractivity contribution in [2.45, 2.75) is 49.0 Å². The van der Waals surface area contributed by atoms with E-state index in [-0.39, 0.29) is 24.0 Å². The smallest absolute Gasteiger partial charge is 0.313 e. The zero-order valence-electron chi connectivity index (χ0n) is 12.1. The van der Waals surface area contributed by atoms with E-state index in [9.17, 15) is 9.59 Å². The summed E-state index contributed by atoms with van der Waals surface area (Å²) in [7, 11) is 0. The topological polar surface area (TPSA) is 77.7 Å². The normalized spacial score (nSPS) is 69.0. The van der Waals surface area contributed by atoms with E-state index in [1.165, 1.54) is 0 Å². The molecule has 5 heterocycles. The molecule has 6 nitrogen and oxygen atoms in total. The van der Waals surface area contributed by atoms with Gasteiger partial charge in [0, 0.05) is 5.33 Å². The van der Waals surface area contributed by atoms with Gasteiger partial charge < -0.3 is 18.9 Å². The van der Waals surface area contributed by atoms with E-state index in [2.05, 4.69) is 15.9 Å². The molecule has 0 aromatic rings. The van der Waals surface area contributed by atoms with Gasteiger partial charge in [0.05, 0.1) is 23.5 Å². The molecule has 0 radical (unpaired) electrons. The highest BCUT2D eigenvalue weighted by Crippen LogP contribution is 2.80. The Bertz CT molecular complexity index is 675. The molecule has 7 rings (SSSR count). The molecule has 2 saturated carbocycles. The molecule has 5 aliphatic heterocycles. The standard InChI is InChI=1S/C15H15BrO6/c1-12(3-16)5-6-11(18)21-8(7(5)17)13(2)14(4-19-14)9-10(20-9)15(6,13)22-12/h5-6,8-10H,3-4H2,1-2H3. The largest absolute Gasteiger partial charge is 0.453 e. The van der Waals surface area contributed by atoms with Crippen LogP contribution in [-0.4, -0.2) is 58.8 Å². The van der Waals surface area contributed by atoms with Crippen LogP contribution in [0, 0.1) is 17.3 Å². The quantitative estimate of drug-likeness (QED) is 0.373. The highest BCUT2D eigenvalue weighted by atomic mass is 79.9. The Morgan fingerprint density at radius 1 is 1.23 bits per heavy atom. The van der Waals surface area contributed by atoms with Crippen molar-refractivity contribution in [2.75, 3.05) is 11.9 Å². The number of carbonyl (C=O) groups excluding carboxylic acids is 2. The van der Waals surface area contributed by atoms with E-state index in [1.54, 1.807) is 0 Å². The third kappa shape index (κ3) is 0.872. The number of rotatable bonds is 1. The lowest BCUT2D eigenvalue weighted by atomic mass is 9.51. The Kier molecular flexibility index (Phi) is 1.79. The predicted octanol–water partition coefficient (Wildman–Crippen LogP) is 0.206. The number of halogens is 1. The molecule has 5 saturated heterocycles. The number of hydrogen-bond acceptors (Lipinski definition) is 6. The van der Waals surface area contributed by atoms with Gasteiger partial charge in [-0.15, -0.1) is 0 Å². The monoisotopic (exact) mass is 370 g/mol. The van der Waals surface area contributed by atoms with Crippen molar-refractivity contribution in [3.63, 3.8) is 0 Å². The summed E-state index contributed by atoms with van der Waals surface area (Å²) in [6.45, 7) is 4.44. The Morgan fingerprint density at radius 2 is 1.95 bits per heavy atom. The number of ether oxygens (including phenoxy) is 4. The minimum Gasteiger partial charge on any atom is -0.453 e. The van der Waals surface area contributed by atoms with Crippen LogP contribution in [0.25, 0.3) is 0 Å². The number of epoxide rings is 2. The van der Waals surface area contributed by atoms with Crippen LogP contribution in [0.15, 0.2) is 0 Å². The first kappa shape index (κ1) is 12.9. The molecular weight excluding hydrogens is 356 g/mol. The second-order valence-corrected chi connectivity index (χ2v) is 8.43. The summed E-state index contributed by atoms with van der Waals surface area (Å²) >= 11 is 3.48. The summed E-state index contributed by atoms with van der Waals surface area (Å²) in [6, 6.07) is 0. The lowest BCUT2D eigenvalue weighted by molar-refractivity contribution is -0.254.